The molecule has 0 fully saturated rings. The van der Waals surface area contributed by atoms with Crippen molar-refractivity contribution in [1.29, 1.82) is 5.26 Å². The number of ether oxygens (including phenoxy) is 3. The third-order valence-electron chi connectivity index (χ3n) is 3.59. The number of nitrogens with zero attached hydrogens (tertiary/aromatic N) is 1. The Kier molecular flexibility index (Phi) is 4.08. The summed E-state index contributed by atoms with van der Waals surface area (Å²) < 4.78 is 16.0. The van der Waals surface area contributed by atoms with Crippen LogP contribution >= 0.6 is 0 Å². The zero-order valence-corrected chi connectivity index (χ0v) is 12.8. The van der Waals surface area contributed by atoms with E-state index < -0.39 is 5.97 Å². The molecule has 0 aliphatic carbocycles. The standard InChI is InChI=1S/C18H13NO5/c1-22-15-8-17-16(23-10-24-17)7-13(15)6-14(9-19)11-2-4-12(5-3-11)18(20)21/h2-8H,10H2,1H3,(H,20,21)/b14-6-. The minimum absolute atomic E-state index is 0.146. The Labute approximate surface area is 138 Å². The lowest BCUT2D eigenvalue weighted by atomic mass is 10.0. The van der Waals surface area contributed by atoms with Crippen molar-refractivity contribution >= 4 is 17.6 Å². The lowest BCUT2D eigenvalue weighted by molar-refractivity contribution is 0.0697. The van der Waals surface area contributed by atoms with Gasteiger partial charge in [0.15, 0.2) is 11.5 Å². The molecule has 0 bridgehead atoms. The van der Waals surface area contributed by atoms with E-state index in [9.17, 15) is 10.1 Å². The molecule has 1 aliphatic heterocycles. The minimum atomic E-state index is -1.01. The number of fused-ring (bicyclic) bond motifs is 1. The Morgan fingerprint density at radius 2 is 1.83 bits per heavy atom. The van der Waals surface area contributed by atoms with E-state index in [-0.39, 0.29) is 12.4 Å². The van der Waals surface area contributed by atoms with Crippen LogP contribution in [0, 0.1) is 11.3 Å². The molecule has 6 nitrogen and oxygen atoms in total. The maximum Gasteiger partial charge on any atom is 0.335 e. The van der Waals surface area contributed by atoms with Gasteiger partial charge in [0.1, 0.15) is 5.75 Å². The van der Waals surface area contributed by atoms with Gasteiger partial charge in [-0.05, 0) is 29.8 Å². The van der Waals surface area contributed by atoms with Crippen molar-refractivity contribution in [3.8, 4) is 23.3 Å². The summed E-state index contributed by atoms with van der Waals surface area (Å²) >= 11 is 0. The molecule has 3 rings (SSSR count). The van der Waals surface area contributed by atoms with E-state index in [4.69, 9.17) is 19.3 Å². The van der Waals surface area contributed by atoms with Crippen molar-refractivity contribution in [2.24, 2.45) is 0 Å². The first-order valence-electron chi connectivity index (χ1n) is 7.05. The van der Waals surface area contributed by atoms with Crippen LogP contribution in [-0.2, 0) is 0 Å². The Morgan fingerprint density at radius 1 is 1.21 bits per heavy atom. The lowest BCUT2D eigenvalue weighted by Crippen LogP contribution is -1.95. The molecule has 24 heavy (non-hydrogen) atoms. The summed E-state index contributed by atoms with van der Waals surface area (Å²) in [7, 11) is 1.53. The van der Waals surface area contributed by atoms with Gasteiger partial charge in [-0.3, -0.25) is 0 Å². The zero-order chi connectivity index (χ0) is 17.1. The van der Waals surface area contributed by atoms with E-state index in [1.807, 2.05) is 0 Å². The number of carboxylic acids is 1. The molecule has 0 atom stereocenters. The van der Waals surface area contributed by atoms with Crippen LogP contribution in [0.4, 0.5) is 0 Å². The molecule has 120 valence electrons. The van der Waals surface area contributed by atoms with E-state index in [1.165, 1.54) is 19.2 Å². The summed E-state index contributed by atoms with van der Waals surface area (Å²) in [5.41, 5.74) is 1.82. The fourth-order valence-corrected chi connectivity index (χ4v) is 2.36. The number of aromatic carboxylic acids is 1. The number of hydrogen-bond acceptors (Lipinski definition) is 5. The van der Waals surface area contributed by atoms with Gasteiger partial charge in [-0.15, -0.1) is 0 Å². The molecule has 0 saturated heterocycles. The van der Waals surface area contributed by atoms with Crippen LogP contribution in [0.1, 0.15) is 21.5 Å². The zero-order valence-electron chi connectivity index (χ0n) is 12.8. The molecule has 6 heteroatoms. The highest BCUT2D eigenvalue weighted by Gasteiger charge is 2.17. The highest BCUT2D eigenvalue weighted by molar-refractivity contribution is 5.93. The first-order valence-corrected chi connectivity index (χ1v) is 7.05. The van der Waals surface area contributed by atoms with Gasteiger partial charge in [-0.1, -0.05) is 12.1 Å². The van der Waals surface area contributed by atoms with Gasteiger partial charge in [0.05, 0.1) is 24.3 Å². The predicted octanol–water partition coefficient (Wildman–Crippen LogP) is 3.19. The maximum atomic E-state index is 10.9. The van der Waals surface area contributed by atoms with Gasteiger partial charge < -0.3 is 19.3 Å². The summed E-state index contributed by atoms with van der Waals surface area (Å²) in [5.74, 6) is 0.713. The molecule has 0 radical (unpaired) electrons. The van der Waals surface area contributed by atoms with E-state index >= 15 is 0 Å². The molecule has 1 heterocycles. The van der Waals surface area contributed by atoms with Crippen molar-refractivity contribution in [2.75, 3.05) is 13.9 Å². The minimum Gasteiger partial charge on any atom is -0.496 e. The Hall–Kier alpha value is -3.46. The smallest absolute Gasteiger partial charge is 0.335 e. The number of carboxylic acid groups (broad SMARTS) is 1. The highest BCUT2D eigenvalue weighted by Crippen LogP contribution is 2.39. The Balaban J connectivity index is 2.02. The monoisotopic (exact) mass is 323 g/mol. The number of nitriles is 1. The van der Waals surface area contributed by atoms with Crippen LogP contribution in [0.25, 0.3) is 11.6 Å². The number of hydrogen-bond donors (Lipinski definition) is 1. The third kappa shape index (κ3) is 2.88. The molecule has 0 aromatic heterocycles. The van der Waals surface area contributed by atoms with Crippen molar-refractivity contribution in [2.45, 2.75) is 0 Å². The van der Waals surface area contributed by atoms with Gasteiger partial charge >= 0.3 is 5.97 Å². The summed E-state index contributed by atoms with van der Waals surface area (Å²) in [6.07, 6.45) is 1.66. The average Bonchev–Trinajstić information content (AvgIpc) is 3.06. The van der Waals surface area contributed by atoms with Gasteiger partial charge in [0.2, 0.25) is 6.79 Å². The molecule has 2 aromatic carbocycles. The Bertz CT molecular complexity index is 862. The van der Waals surface area contributed by atoms with Crippen LogP contribution in [-0.4, -0.2) is 25.0 Å². The second kappa shape index (κ2) is 6.34. The van der Waals surface area contributed by atoms with Crippen molar-refractivity contribution < 1.29 is 24.1 Å². The predicted molar refractivity (Wildman–Crippen MR) is 86.0 cm³/mol. The van der Waals surface area contributed by atoms with Gasteiger partial charge in [0.25, 0.3) is 0 Å². The van der Waals surface area contributed by atoms with Gasteiger partial charge in [0, 0.05) is 11.6 Å². The second-order valence-electron chi connectivity index (χ2n) is 5.00. The van der Waals surface area contributed by atoms with Crippen molar-refractivity contribution in [3.63, 3.8) is 0 Å². The normalized spacial score (nSPS) is 12.6. The number of methoxy groups -OCH3 is 1. The number of benzene rings is 2. The summed E-state index contributed by atoms with van der Waals surface area (Å²) in [4.78, 5) is 10.9. The molecule has 0 spiro atoms. The summed E-state index contributed by atoms with van der Waals surface area (Å²) in [6.45, 7) is 0.146. The number of rotatable bonds is 4. The molecule has 0 amide bonds. The van der Waals surface area contributed by atoms with Crippen LogP contribution in [0.3, 0.4) is 0 Å². The lowest BCUT2D eigenvalue weighted by Gasteiger charge is -2.08. The van der Waals surface area contributed by atoms with E-state index in [2.05, 4.69) is 6.07 Å². The van der Waals surface area contributed by atoms with E-state index in [1.54, 1.807) is 30.3 Å². The molecule has 0 unspecified atom stereocenters. The SMILES string of the molecule is COc1cc2c(cc1/C=C(/C#N)c1ccc(C(=O)O)cc1)OCO2. The summed E-state index contributed by atoms with van der Waals surface area (Å²) in [5, 5.41) is 18.4. The first kappa shape index (κ1) is 15.4. The quantitative estimate of drug-likeness (QED) is 0.686. The molecule has 2 aromatic rings. The second-order valence-corrected chi connectivity index (χ2v) is 5.00. The van der Waals surface area contributed by atoms with Gasteiger partial charge in [-0.25, -0.2) is 4.79 Å². The molecule has 0 saturated carbocycles. The Morgan fingerprint density at radius 3 is 2.42 bits per heavy atom. The topological polar surface area (TPSA) is 88.8 Å². The number of carbonyl (C=O) groups is 1. The average molecular weight is 323 g/mol. The van der Waals surface area contributed by atoms with Gasteiger partial charge in [-0.2, -0.15) is 5.26 Å². The fraction of sp³-hybridized carbons (Fsp3) is 0.111. The molecule has 1 N–H and O–H groups in total. The maximum absolute atomic E-state index is 10.9. The number of allylic oxidation sites excluding steroid dienone is 1. The third-order valence-corrected chi connectivity index (χ3v) is 3.59. The molecular formula is C18H13NO5. The largest absolute Gasteiger partial charge is 0.496 e. The van der Waals surface area contributed by atoms with Crippen LogP contribution in [0.2, 0.25) is 0 Å². The van der Waals surface area contributed by atoms with Crippen LogP contribution < -0.4 is 14.2 Å². The van der Waals surface area contributed by atoms with Crippen LogP contribution in [0.5, 0.6) is 17.2 Å². The molecule has 1 aliphatic rings. The van der Waals surface area contributed by atoms with E-state index in [0.717, 1.165) is 0 Å². The molecular weight excluding hydrogens is 310 g/mol. The summed E-state index contributed by atoms with van der Waals surface area (Å²) in [6, 6.07) is 11.7. The van der Waals surface area contributed by atoms with Crippen molar-refractivity contribution in [3.05, 3.63) is 53.1 Å². The fourth-order valence-electron chi connectivity index (χ4n) is 2.36. The van der Waals surface area contributed by atoms with Crippen molar-refractivity contribution in [1.82, 2.24) is 0 Å². The first-order chi connectivity index (χ1) is 11.6. The van der Waals surface area contributed by atoms with E-state index in [0.29, 0.717) is 33.9 Å². The van der Waals surface area contributed by atoms with Crippen LogP contribution in [0.15, 0.2) is 36.4 Å². The highest BCUT2D eigenvalue weighted by atomic mass is 16.7.